The Labute approximate surface area is 462 Å². The number of hydrogen-bond acceptors (Lipinski definition) is 5. The van der Waals surface area contributed by atoms with E-state index in [0.717, 1.165) is 44.9 Å². The molecule has 0 aliphatic heterocycles. The fourth-order valence-electron chi connectivity index (χ4n) is 10.6. The van der Waals surface area contributed by atoms with E-state index in [2.05, 4.69) is 31.3 Å². The van der Waals surface area contributed by atoms with Gasteiger partial charge in [-0.1, -0.05) is 327 Å². The highest BCUT2D eigenvalue weighted by Crippen LogP contribution is 2.18. The summed E-state index contributed by atoms with van der Waals surface area (Å²) >= 11 is 0. The Kier molecular flexibility index (Phi) is 62.4. The first kappa shape index (κ1) is 72.3. The summed E-state index contributed by atoms with van der Waals surface area (Å²) in [5, 5.41) is 23.0. The molecule has 0 aromatic rings. The molecule has 0 fully saturated rings. The van der Waals surface area contributed by atoms with E-state index in [1.807, 2.05) is 6.08 Å². The first-order valence-electron chi connectivity index (χ1n) is 33.6. The average molecular weight is 1040 g/mol. The predicted octanol–water partition coefficient (Wildman–Crippen LogP) is 21.4. The van der Waals surface area contributed by atoms with Gasteiger partial charge < -0.3 is 20.3 Å². The van der Waals surface area contributed by atoms with Crippen molar-refractivity contribution in [1.82, 2.24) is 5.32 Å². The Morgan fingerprint density at radius 3 is 0.959 bits per heavy atom. The quantitative estimate of drug-likeness (QED) is 0.0320. The number of aliphatic hydroxyl groups excluding tert-OH is 2. The lowest BCUT2D eigenvalue weighted by molar-refractivity contribution is -0.143. The second-order valence-corrected chi connectivity index (χ2v) is 23.2. The van der Waals surface area contributed by atoms with Gasteiger partial charge in [0, 0.05) is 12.8 Å². The molecule has 0 radical (unpaired) electrons. The smallest absolute Gasteiger partial charge is 0.305 e. The van der Waals surface area contributed by atoms with Crippen LogP contribution in [0.3, 0.4) is 0 Å². The Balaban J connectivity index is 3.30. The highest BCUT2D eigenvalue weighted by molar-refractivity contribution is 5.76. The first-order chi connectivity index (χ1) is 36.5. The third-order valence-electron chi connectivity index (χ3n) is 15.7. The minimum Gasteiger partial charge on any atom is -0.466 e. The summed E-state index contributed by atoms with van der Waals surface area (Å²) in [6.45, 7) is 4.90. The normalized spacial score (nSPS) is 12.6. The minimum absolute atomic E-state index is 0.0132. The van der Waals surface area contributed by atoms with Crippen molar-refractivity contribution in [3.63, 3.8) is 0 Å². The molecule has 74 heavy (non-hydrogen) atoms. The van der Waals surface area contributed by atoms with E-state index in [0.29, 0.717) is 19.4 Å². The lowest BCUT2D eigenvalue weighted by Gasteiger charge is -2.20. The van der Waals surface area contributed by atoms with Gasteiger partial charge in [-0.25, -0.2) is 0 Å². The summed E-state index contributed by atoms with van der Waals surface area (Å²) < 4.78 is 5.49. The fourth-order valence-corrected chi connectivity index (χ4v) is 10.6. The van der Waals surface area contributed by atoms with Crippen LogP contribution in [0.25, 0.3) is 0 Å². The molecular weight excluding hydrogens is 911 g/mol. The second-order valence-electron chi connectivity index (χ2n) is 23.2. The third-order valence-corrected chi connectivity index (χ3v) is 15.7. The number of nitrogens with one attached hydrogen (secondary N) is 1. The summed E-state index contributed by atoms with van der Waals surface area (Å²) in [6.07, 6.45) is 79.8. The molecule has 438 valence electrons. The maximum Gasteiger partial charge on any atom is 0.305 e. The molecule has 0 aliphatic rings. The van der Waals surface area contributed by atoms with Crippen LogP contribution in [0.15, 0.2) is 24.3 Å². The Bertz CT molecular complexity index is 1150. The van der Waals surface area contributed by atoms with Crippen molar-refractivity contribution in [1.29, 1.82) is 0 Å². The Morgan fingerprint density at radius 2 is 0.635 bits per heavy atom. The van der Waals surface area contributed by atoms with Gasteiger partial charge in [-0.15, -0.1) is 0 Å². The van der Waals surface area contributed by atoms with E-state index in [4.69, 9.17) is 4.74 Å². The maximum atomic E-state index is 12.4. The molecule has 2 unspecified atom stereocenters. The van der Waals surface area contributed by atoms with Crippen LogP contribution in [0.5, 0.6) is 0 Å². The number of rotatable bonds is 63. The lowest BCUT2D eigenvalue weighted by atomic mass is 10.0. The van der Waals surface area contributed by atoms with Gasteiger partial charge >= 0.3 is 5.97 Å². The van der Waals surface area contributed by atoms with E-state index < -0.39 is 12.1 Å². The molecule has 0 saturated carbocycles. The number of esters is 1. The standard InChI is InChI=1S/C68H131NO5/c1-3-5-7-9-11-13-15-16-39-42-46-50-54-58-62-68(73)74-63-59-55-51-47-43-40-37-35-33-31-29-27-25-23-21-19-17-18-20-22-24-26-28-30-32-34-36-38-41-45-49-53-57-61-67(72)69-65(64-70)66(71)60-56-52-48-44-14-12-10-8-6-4-2/h15-16,56,60,65-66,70-71H,3-14,17-55,57-59,61-64H2,1-2H3,(H,69,72)/b16-15-,60-56+. The topological polar surface area (TPSA) is 95.9 Å². The molecule has 0 spiro atoms. The lowest BCUT2D eigenvalue weighted by Crippen LogP contribution is -2.45. The Morgan fingerprint density at radius 1 is 0.365 bits per heavy atom. The van der Waals surface area contributed by atoms with Crippen LogP contribution in [0.2, 0.25) is 0 Å². The van der Waals surface area contributed by atoms with Crippen LogP contribution in [0, 0.1) is 0 Å². The SMILES string of the molecule is CCCCCCC/C=C\CCCCCCCC(=O)OCCCCCCCCCCCCCCCCCCCCCCCCCCCCCCCCCCCC(=O)NC(CO)C(O)/C=C/CCCCCCCCCC. The van der Waals surface area contributed by atoms with Gasteiger partial charge in [0.05, 0.1) is 25.4 Å². The maximum absolute atomic E-state index is 12.4. The zero-order valence-electron chi connectivity index (χ0n) is 50.1. The minimum atomic E-state index is -0.838. The summed E-state index contributed by atoms with van der Waals surface area (Å²) in [5.41, 5.74) is 0. The highest BCUT2D eigenvalue weighted by atomic mass is 16.5. The van der Waals surface area contributed by atoms with Crippen molar-refractivity contribution >= 4 is 11.9 Å². The summed E-state index contributed by atoms with van der Waals surface area (Å²) in [4.78, 5) is 24.5. The van der Waals surface area contributed by atoms with Crippen LogP contribution in [-0.4, -0.2) is 47.4 Å². The van der Waals surface area contributed by atoms with Crippen LogP contribution in [0.1, 0.15) is 373 Å². The van der Waals surface area contributed by atoms with Gasteiger partial charge in [-0.05, 0) is 57.8 Å². The van der Waals surface area contributed by atoms with Gasteiger partial charge in [0.15, 0.2) is 0 Å². The molecule has 3 N–H and O–H groups in total. The van der Waals surface area contributed by atoms with Crippen molar-refractivity contribution in [2.24, 2.45) is 0 Å². The summed E-state index contributed by atoms with van der Waals surface area (Å²) in [6, 6.07) is -0.622. The number of ether oxygens (including phenoxy) is 1. The van der Waals surface area contributed by atoms with E-state index in [1.54, 1.807) is 6.08 Å². The molecular formula is C68H131NO5. The number of hydrogen-bond donors (Lipinski definition) is 3. The van der Waals surface area contributed by atoms with E-state index in [9.17, 15) is 19.8 Å². The number of carbonyl (C=O) groups is 2. The van der Waals surface area contributed by atoms with Crippen LogP contribution in [-0.2, 0) is 14.3 Å². The molecule has 2 atom stereocenters. The third kappa shape index (κ3) is 59.6. The molecule has 1 amide bonds. The molecule has 0 rings (SSSR count). The number of allylic oxidation sites excluding steroid dienone is 3. The predicted molar refractivity (Wildman–Crippen MR) is 324 cm³/mol. The van der Waals surface area contributed by atoms with Gasteiger partial charge in [-0.2, -0.15) is 0 Å². The molecule has 0 bridgehead atoms. The van der Waals surface area contributed by atoms with E-state index in [1.165, 1.54) is 302 Å². The van der Waals surface area contributed by atoms with Crippen molar-refractivity contribution < 1.29 is 24.5 Å². The first-order valence-corrected chi connectivity index (χ1v) is 33.6. The van der Waals surface area contributed by atoms with Gasteiger partial charge in [0.2, 0.25) is 5.91 Å². The Hall–Kier alpha value is -1.66. The highest BCUT2D eigenvalue weighted by Gasteiger charge is 2.18. The van der Waals surface area contributed by atoms with E-state index >= 15 is 0 Å². The van der Waals surface area contributed by atoms with Crippen molar-refractivity contribution in [2.75, 3.05) is 13.2 Å². The largest absolute Gasteiger partial charge is 0.466 e. The van der Waals surface area contributed by atoms with Crippen molar-refractivity contribution in [3.8, 4) is 0 Å². The molecule has 0 saturated heterocycles. The summed E-state index contributed by atoms with van der Waals surface area (Å²) in [5.74, 6) is -0.0506. The van der Waals surface area contributed by atoms with Crippen molar-refractivity contribution in [3.05, 3.63) is 24.3 Å². The average Bonchev–Trinajstić information content (AvgIpc) is 3.40. The molecule has 0 aromatic heterocycles. The summed E-state index contributed by atoms with van der Waals surface area (Å²) in [7, 11) is 0. The molecule has 6 nitrogen and oxygen atoms in total. The monoisotopic (exact) mass is 1040 g/mol. The molecule has 0 aromatic carbocycles. The van der Waals surface area contributed by atoms with E-state index in [-0.39, 0.29) is 18.5 Å². The zero-order chi connectivity index (χ0) is 53.6. The number of aliphatic hydroxyl groups is 2. The van der Waals surface area contributed by atoms with Crippen molar-refractivity contribution in [2.45, 2.75) is 386 Å². The van der Waals surface area contributed by atoms with Crippen LogP contribution in [0.4, 0.5) is 0 Å². The van der Waals surface area contributed by atoms with Gasteiger partial charge in [0.1, 0.15) is 0 Å². The molecule has 0 aliphatic carbocycles. The zero-order valence-corrected chi connectivity index (χ0v) is 50.1. The van der Waals surface area contributed by atoms with Crippen LogP contribution >= 0.6 is 0 Å². The molecule has 6 heteroatoms. The van der Waals surface area contributed by atoms with Gasteiger partial charge in [0.25, 0.3) is 0 Å². The number of amides is 1. The number of unbranched alkanes of at least 4 members (excludes halogenated alkanes) is 50. The molecule has 0 heterocycles. The second kappa shape index (κ2) is 63.9. The fraction of sp³-hybridized carbons (Fsp3) is 0.912. The van der Waals surface area contributed by atoms with Gasteiger partial charge in [-0.3, -0.25) is 9.59 Å². The number of carbonyl (C=O) groups excluding carboxylic acids is 2. The van der Waals surface area contributed by atoms with Crippen LogP contribution < -0.4 is 5.32 Å².